The van der Waals surface area contributed by atoms with Crippen molar-refractivity contribution >= 4 is 18.4 Å². The molecule has 0 heterocycles. The Bertz CT molecular complexity index is 356. The monoisotopic (exact) mass is 200 g/mol. The number of ketones is 1. The first-order chi connectivity index (χ1) is 6.43. The second kappa shape index (κ2) is 3.85. The summed E-state index contributed by atoms with van der Waals surface area (Å²) in [5.41, 5.74) is -1.00. The van der Waals surface area contributed by atoms with Crippen molar-refractivity contribution in [1.82, 2.24) is 0 Å². The zero-order valence-electron chi connectivity index (χ0n) is 7.29. The average molecular weight is 200 g/mol. The van der Waals surface area contributed by atoms with E-state index in [1.54, 1.807) is 0 Å². The minimum absolute atomic E-state index is 0.329. The molecule has 0 aromatic heterocycles. The number of carbonyl (C=O) groups is 1. The van der Waals surface area contributed by atoms with Crippen molar-refractivity contribution in [3.63, 3.8) is 0 Å². The minimum Gasteiger partial charge on any atom is -0.423 e. The van der Waals surface area contributed by atoms with Gasteiger partial charge in [0.1, 0.15) is 11.6 Å². The molecule has 14 heavy (non-hydrogen) atoms. The van der Waals surface area contributed by atoms with Crippen molar-refractivity contribution in [3.05, 3.63) is 29.3 Å². The molecule has 0 atom stereocenters. The second-order valence-corrected chi connectivity index (χ2v) is 2.79. The van der Waals surface area contributed by atoms with Crippen molar-refractivity contribution in [3.8, 4) is 0 Å². The largest absolute Gasteiger partial charge is 0.488 e. The maximum absolute atomic E-state index is 13.0. The van der Waals surface area contributed by atoms with Crippen LogP contribution in [0.4, 0.5) is 8.78 Å². The molecule has 0 radical (unpaired) electrons. The maximum Gasteiger partial charge on any atom is 0.488 e. The van der Waals surface area contributed by atoms with Gasteiger partial charge in [0.15, 0.2) is 5.78 Å². The van der Waals surface area contributed by atoms with Crippen LogP contribution in [-0.4, -0.2) is 22.9 Å². The van der Waals surface area contributed by atoms with Crippen LogP contribution < -0.4 is 5.46 Å². The van der Waals surface area contributed by atoms with Gasteiger partial charge in [-0.05, 0) is 24.5 Å². The Morgan fingerprint density at radius 2 is 1.71 bits per heavy atom. The highest BCUT2D eigenvalue weighted by Crippen LogP contribution is 2.11. The molecule has 0 spiro atoms. The Hall–Kier alpha value is -1.27. The van der Waals surface area contributed by atoms with E-state index in [1.807, 2.05) is 0 Å². The van der Waals surface area contributed by atoms with Crippen molar-refractivity contribution in [2.75, 3.05) is 0 Å². The zero-order valence-corrected chi connectivity index (χ0v) is 7.29. The van der Waals surface area contributed by atoms with Gasteiger partial charge in [0.2, 0.25) is 0 Å². The van der Waals surface area contributed by atoms with Crippen molar-refractivity contribution in [2.45, 2.75) is 6.92 Å². The fourth-order valence-corrected chi connectivity index (χ4v) is 1.08. The third-order valence-corrected chi connectivity index (χ3v) is 1.71. The number of hydrogen-bond acceptors (Lipinski definition) is 3. The van der Waals surface area contributed by atoms with E-state index in [9.17, 15) is 13.6 Å². The van der Waals surface area contributed by atoms with Crippen LogP contribution in [0.1, 0.15) is 17.3 Å². The fraction of sp³-hybridized carbons (Fsp3) is 0.125. The molecule has 0 aliphatic heterocycles. The molecule has 0 bridgehead atoms. The molecule has 6 heteroatoms. The molecule has 1 aromatic carbocycles. The molecule has 3 nitrogen and oxygen atoms in total. The molecule has 74 valence electrons. The Morgan fingerprint density at radius 1 is 1.29 bits per heavy atom. The van der Waals surface area contributed by atoms with Crippen LogP contribution in [0, 0.1) is 11.6 Å². The molecule has 0 fully saturated rings. The lowest BCUT2D eigenvalue weighted by Crippen LogP contribution is -2.31. The summed E-state index contributed by atoms with van der Waals surface area (Å²) in [6.45, 7) is 1.02. The highest BCUT2D eigenvalue weighted by molar-refractivity contribution is 6.58. The predicted molar refractivity (Wildman–Crippen MR) is 46.2 cm³/mol. The lowest BCUT2D eigenvalue weighted by molar-refractivity contribution is 0.101. The summed E-state index contributed by atoms with van der Waals surface area (Å²) < 4.78 is 26.1. The molecule has 2 N–H and O–H groups in total. The lowest BCUT2D eigenvalue weighted by Gasteiger charge is -2.04. The normalized spacial score (nSPS) is 10.1. The van der Waals surface area contributed by atoms with Gasteiger partial charge in [-0.15, -0.1) is 0 Å². The van der Waals surface area contributed by atoms with E-state index < -0.39 is 30.1 Å². The first kappa shape index (κ1) is 10.8. The Kier molecular flexibility index (Phi) is 2.98. The number of hydrogen-bond donors (Lipinski definition) is 2. The molecule has 0 aliphatic rings. The van der Waals surface area contributed by atoms with Gasteiger partial charge >= 0.3 is 7.12 Å². The third kappa shape index (κ3) is 1.97. The van der Waals surface area contributed by atoms with Gasteiger partial charge in [-0.1, -0.05) is 0 Å². The number of rotatable bonds is 2. The molecule has 1 aromatic rings. The smallest absolute Gasteiger partial charge is 0.423 e. The number of halogens is 2. The molecule has 0 aliphatic carbocycles. The van der Waals surface area contributed by atoms with E-state index in [2.05, 4.69) is 0 Å². The van der Waals surface area contributed by atoms with Gasteiger partial charge in [0.25, 0.3) is 0 Å². The molecule has 0 saturated carbocycles. The van der Waals surface area contributed by atoms with Crippen LogP contribution in [0.3, 0.4) is 0 Å². The summed E-state index contributed by atoms with van der Waals surface area (Å²) in [4.78, 5) is 10.8. The summed E-state index contributed by atoms with van der Waals surface area (Å²) in [5.74, 6) is -2.94. The highest BCUT2D eigenvalue weighted by atomic mass is 19.1. The van der Waals surface area contributed by atoms with Crippen LogP contribution in [0.5, 0.6) is 0 Å². The highest BCUT2D eigenvalue weighted by Gasteiger charge is 2.19. The van der Waals surface area contributed by atoms with Crippen LogP contribution in [0.15, 0.2) is 12.1 Å². The summed E-state index contributed by atoms with van der Waals surface area (Å²) >= 11 is 0. The van der Waals surface area contributed by atoms with Crippen molar-refractivity contribution in [2.24, 2.45) is 0 Å². The lowest BCUT2D eigenvalue weighted by atomic mass is 9.79. The Balaban J connectivity index is 3.32. The van der Waals surface area contributed by atoms with E-state index in [0.717, 1.165) is 6.92 Å². The Morgan fingerprint density at radius 3 is 2.00 bits per heavy atom. The first-order valence-electron chi connectivity index (χ1n) is 3.79. The molecule has 1 rings (SSSR count). The second-order valence-electron chi connectivity index (χ2n) is 2.79. The standard InChI is InChI=1S/C8H7BF2O3/c1-4(12)8-6(10)2-5(9(13)14)3-7(8)11/h2-3,13-14H,1H3. The summed E-state index contributed by atoms with van der Waals surface area (Å²) in [6.07, 6.45) is 0. The van der Waals surface area contributed by atoms with Gasteiger partial charge in [0.05, 0.1) is 5.56 Å². The fourth-order valence-electron chi connectivity index (χ4n) is 1.08. The topological polar surface area (TPSA) is 57.5 Å². The van der Waals surface area contributed by atoms with Crippen LogP contribution in [0.25, 0.3) is 0 Å². The van der Waals surface area contributed by atoms with Crippen LogP contribution in [-0.2, 0) is 0 Å². The number of carbonyl (C=O) groups excluding carboxylic acids is 1. The van der Waals surface area contributed by atoms with E-state index in [0.29, 0.717) is 12.1 Å². The summed E-state index contributed by atoms with van der Waals surface area (Å²) in [5, 5.41) is 17.3. The van der Waals surface area contributed by atoms with Gasteiger partial charge in [0, 0.05) is 0 Å². The number of Topliss-reactive ketones (excluding diaryl/α,β-unsaturated/α-hetero) is 1. The van der Waals surface area contributed by atoms with Crippen LogP contribution >= 0.6 is 0 Å². The maximum atomic E-state index is 13.0. The van der Waals surface area contributed by atoms with Crippen molar-refractivity contribution < 1.29 is 23.6 Å². The first-order valence-corrected chi connectivity index (χ1v) is 3.79. The zero-order chi connectivity index (χ0) is 10.9. The summed E-state index contributed by atoms with van der Waals surface area (Å²) in [7, 11) is -1.96. The predicted octanol–water partition coefficient (Wildman–Crippen LogP) is -0.153. The van der Waals surface area contributed by atoms with Gasteiger partial charge in [-0.3, -0.25) is 4.79 Å². The Labute approximate surface area is 79.1 Å². The van der Waals surface area contributed by atoms with E-state index in [-0.39, 0.29) is 5.46 Å². The molecule has 0 saturated heterocycles. The minimum atomic E-state index is -1.96. The molecular weight excluding hydrogens is 193 g/mol. The van der Waals surface area contributed by atoms with E-state index >= 15 is 0 Å². The SMILES string of the molecule is CC(=O)c1c(F)cc(B(O)O)cc1F. The summed E-state index contributed by atoms with van der Waals surface area (Å²) in [6, 6.07) is 1.43. The van der Waals surface area contributed by atoms with Gasteiger partial charge in [-0.2, -0.15) is 0 Å². The molecule has 0 amide bonds. The third-order valence-electron chi connectivity index (χ3n) is 1.71. The van der Waals surface area contributed by atoms with Gasteiger partial charge < -0.3 is 10.0 Å². The van der Waals surface area contributed by atoms with Crippen LogP contribution in [0.2, 0.25) is 0 Å². The number of benzene rings is 1. The van der Waals surface area contributed by atoms with Crippen molar-refractivity contribution in [1.29, 1.82) is 0 Å². The van der Waals surface area contributed by atoms with E-state index in [1.165, 1.54) is 0 Å². The van der Waals surface area contributed by atoms with E-state index in [4.69, 9.17) is 10.0 Å². The quantitative estimate of drug-likeness (QED) is 0.515. The average Bonchev–Trinajstić information content (AvgIpc) is 2.01. The molecule has 0 unspecified atom stereocenters. The van der Waals surface area contributed by atoms with Gasteiger partial charge in [-0.25, -0.2) is 8.78 Å². The molecular formula is C8H7BF2O3.